The summed E-state index contributed by atoms with van der Waals surface area (Å²) < 4.78 is 12.2. The molecule has 1 aliphatic rings. The Bertz CT molecular complexity index is 1150. The molecule has 0 bridgehead atoms. The largest absolute Gasteiger partial charge is 0.497 e. The zero-order chi connectivity index (χ0) is 21.3. The van der Waals surface area contributed by atoms with Crippen molar-refractivity contribution >= 4 is 16.8 Å². The van der Waals surface area contributed by atoms with Crippen molar-refractivity contribution in [2.45, 2.75) is 32.4 Å². The van der Waals surface area contributed by atoms with Crippen LogP contribution in [0.5, 0.6) is 11.5 Å². The van der Waals surface area contributed by atoms with Gasteiger partial charge in [0.1, 0.15) is 18.0 Å². The molecule has 1 fully saturated rings. The minimum absolute atomic E-state index is 0.0370. The van der Waals surface area contributed by atoms with Gasteiger partial charge >= 0.3 is 0 Å². The highest BCUT2D eigenvalue weighted by Crippen LogP contribution is 2.38. The minimum atomic E-state index is -0.199. The number of para-hydroxylation sites is 1. The fraction of sp³-hybridized carbons (Fsp3) is 0.348. The molecule has 0 saturated carbocycles. The maximum absolute atomic E-state index is 13.1. The van der Waals surface area contributed by atoms with Gasteiger partial charge in [-0.05, 0) is 43.5 Å². The monoisotopic (exact) mass is 407 g/mol. The van der Waals surface area contributed by atoms with Crippen LogP contribution in [0.25, 0.3) is 10.9 Å². The summed E-state index contributed by atoms with van der Waals surface area (Å²) in [6.45, 7) is 2.53. The van der Waals surface area contributed by atoms with Crippen molar-refractivity contribution in [2.24, 2.45) is 0 Å². The summed E-state index contributed by atoms with van der Waals surface area (Å²) in [4.78, 5) is 32.3. The van der Waals surface area contributed by atoms with E-state index >= 15 is 0 Å². The molecule has 1 aromatic heterocycles. The number of ether oxygens (including phenoxy) is 2. The molecule has 1 amide bonds. The van der Waals surface area contributed by atoms with Crippen LogP contribution >= 0.6 is 0 Å². The molecule has 30 heavy (non-hydrogen) atoms. The molecule has 0 N–H and O–H groups in total. The molecule has 0 spiro atoms. The van der Waals surface area contributed by atoms with E-state index in [0.29, 0.717) is 28.9 Å². The van der Waals surface area contributed by atoms with Gasteiger partial charge in [0.15, 0.2) is 0 Å². The number of methoxy groups -OCH3 is 2. The molecule has 3 aromatic rings. The van der Waals surface area contributed by atoms with Gasteiger partial charge in [-0.3, -0.25) is 14.2 Å². The van der Waals surface area contributed by atoms with Crippen LogP contribution in [0.2, 0.25) is 0 Å². The standard InChI is InChI=1S/C23H25N3O4/c1-15-6-4-7-18-22(15)24-14-25(23(18)28)13-21(27)26-11-5-8-19(26)17-10-9-16(29-2)12-20(17)30-3/h4,6-7,9-10,12,14,19H,5,8,11,13H2,1-3H3/t19-/m0/s1. The van der Waals surface area contributed by atoms with E-state index in [0.717, 1.165) is 24.0 Å². The molecule has 4 rings (SSSR count). The lowest BCUT2D eigenvalue weighted by Gasteiger charge is -2.27. The quantitative estimate of drug-likeness (QED) is 0.650. The van der Waals surface area contributed by atoms with Gasteiger partial charge < -0.3 is 14.4 Å². The second kappa shape index (κ2) is 8.18. The van der Waals surface area contributed by atoms with E-state index < -0.39 is 0 Å². The molecule has 0 radical (unpaired) electrons. The van der Waals surface area contributed by atoms with Crippen LogP contribution < -0.4 is 15.0 Å². The van der Waals surface area contributed by atoms with E-state index in [1.165, 1.54) is 10.9 Å². The zero-order valence-corrected chi connectivity index (χ0v) is 17.4. The van der Waals surface area contributed by atoms with Gasteiger partial charge in [-0.1, -0.05) is 12.1 Å². The number of carbonyl (C=O) groups is 1. The van der Waals surface area contributed by atoms with Crippen molar-refractivity contribution < 1.29 is 14.3 Å². The van der Waals surface area contributed by atoms with Gasteiger partial charge in [0, 0.05) is 18.2 Å². The van der Waals surface area contributed by atoms with Crippen LogP contribution in [0.1, 0.15) is 30.0 Å². The number of aryl methyl sites for hydroxylation is 1. The SMILES string of the molecule is COc1ccc([C@@H]2CCCN2C(=O)Cn2cnc3c(C)cccc3c2=O)c(OC)c1. The van der Waals surface area contributed by atoms with E-state index in [1.54, 1.807) is 20.3 Å². The molecule has 0 aliphatic carbocycles. The third kappa shape index (κ3) is 3.51. The smallest absolute Gasteiger partial charge is 0.261 e. The summed E-state index contributed by atoms with van der Waals surface area (Å²) in [6, 6.07) is 11.1. The Labute approximate surface area is 174 Å². The second-order valence-electron chi connectivity index (χ2n) is 7.50. The number of benzene rings is 2. The molecule has 156 valence electrons. The zero-order valence-electron chi connectivity index (χ0n) is 17.4. The fourth-order valence-electron chi connectivity index (χ4n) is 4.17. The lowest BCUT2D eigenvalue weighted by atomic mass is 10.0. The van der Waals surface area contributed by atoms with Gasteiger partial charge in [0.05, 0.1) is 37.5 Å². The van der Waals surface area contributed by atoms with E-state index in [-0.39, 0.29) is 24.1 Å². The first-order valence-electron chi connectivity index (χ1n) is 9.99. The number of likely N-dealkylation sites (tertiary alicyclic amines) is 1. The maximum atomic E-state index is 13.1. The van der Waals surface area contributed by atoms with Crippen LogP contribution in [-0.2, 0) is 11.3 Å². The molecule has 0 unspecified atom stereocenters. The molecular weight excluding hydrogens is 382 g/mol. The lowest BCUT2D eigenvalue weighted by Crippen LogP contribution is -2.36. The van der Waals surface area contributed by atoms with Gasteiger partial charge in [0.2, 0.25) is 5.91 Å². The average molecular weight is 407 g/mol. The Morgan fingerprint density at radius 2 is 2.03 bits per heavy atom. The molecule has 7 heteroatoms. The van der Waals surface area contributed by atoms with Crippen molar-refractivity contribution in [3.63, 3.8) is 0 Å². The fourth-order valence-corrected chi connectivity index (χ4v) is 4.17. The van der Waals surface area contributed by atoms with Crippen LogP contribution in [0.4, 0.5) is 0 Å². The number of fused-ring (bicyclic) bond motifs is 1. The molecule has 2 aromatic carbocycles. The predicted octanol–water partition coefficient (Wildman–Crippen LogP) is 3.09. The third-order valence-corrected chi connectivity index (χ3v) is 5.73. The average Bonchev–Trinajstić information content (AvgIpc) is 3.25. The van der Waals surface area contributed by atoms with Crippen molar-refractivity contribution in [2.75, 3.05) is 20.8 Å². The number of hydrogen-bond donors (Lipinski definition) is 0. The first-order chi connectivity index (χ1) is 14.5. The number of nitrogens with zero attached hydrogens (tertiary/aromatic N) is 3. The Hall–Kier alpha value is -3.35. The van der Waals surface area contributed by atoms with E-state index in [9.17, 15) is 9.59 Å². The second-order valence-corrected chi connectivity index (χ2v) is 7.50. The number of amides is 1. The molecule has 7 nitrogen and oxygen atoms in total. The Balaban J connectivity index is 1.62. The first-order valence-corrected chi connectivity index (χ1v) is 9.99. The van der Waals surface area contributed by atoms with Crippen LogP contribution in [0, 0.1) is 6.92 Å². The van der Waals surface area contributed by atoms with Crippen LogP contribution in [-0.4, -0.2) is 41.1 Å². The van der Waals surface area contributed by atoms with Crippen LogP contribution in [0.3, 0.4) is 0 Å². The maximum Gasteiger partial charge on any atom is 0.261 e. The summed E-state index contributed by atoms with van der Waals surface area (Å²) in [5, 5.41) is 0.528. The minimum Gasteiger partial charge on any atom is -0.497 e. The highest BCUT2D eigenvalue weighted by Gasteiger charge is 2.32. The third-order valence-electron chi connectivity index (χ3n) is 5.73. The normalized spacial score (nSPS) is 16.1. The summed E-state index contributed by atoms with van der Waals surface area (Å²) in [5.74, 6) is 1.29. The molecular formula is C23H25N3O4. The number of carbonyl (C=O) groups excluding carboxylic acids is 1. The summed E-state index contributed by atoms with van der Waals surface area (Å²) >= 11 is 0. The van der Waals surface area contributed by atoms with E-state index in [1.807, 2.05) is 42.2 Å². The van der Waals surface area contributed by atoms with Crippen LogP contribution in [0.15, 0.2) is 47.5 Å². The Morgan fingerprint density at radius 1 is 1.20 bits per heavy atom. The highest BCUT2D eigenvalue weighted by atomic mass is 16.5. The molecule has 1 saturated heterocycles. The van der Waals surface area contributed by atoms with Gasteiger partial charge in [-0.25, -0.2) is 4.98 Å². The van der Waals surface area contributed by atoms with E-state index in [2.05, 4.69) is 4.98 Å². The van der Waals surface area contributed by atoms with Crippen molar-refractivity contribution in [3.8, 4) is 11.5 Å². The van der Waals surface area contributed by atoms with E-state index in [4.69, 9.17) is 9.47 Å². The molecule has 1 aliphatic heterocycles. The van der Waals surface area contributed by atoms with Crippen molar-refractivity contribution in [3.05, 3.63) is 64.2 Å². The number of hydrogen-bond acceptors (Lipinski definition) is 5. The number of aromatic nitrogens is 2. The Kier molecular flexibility index (Phi) is 5.44. The molecule has 2 heterocycles. The number of rotatable bonds is 5. The lowest BCUT2D eigenvalue weighted by molar-refractivity contribution is -0.132. The molecule has 1 atom stereocenters. The first kappa shape index (κ1) is 19.9. The van der Waals surface area contributed by atoms with Gasteiger partial charge in [-0.2, -0.15) is 0 Å². The van der Waals surface area contributed by atoms with Gasteiger partial charge in [0.25, 0.3) is 5.56 Å². The van der Waals surface area contributed by atoms with Gasteiger partial charge in [-0.15, -0.1) is 0 Å². The topological polar surface area (TPSA) is 73.7 Å². The van der Waals surface area contributed by atoms with Crippen molar-refractivity contribution in [1.82, 2.24) is 14.5 Å². The highest BCUT2D eigenvalue weighted by molar-refractivity contribution is 5.81. The Morgan fingerprint density at radius 3 is 2.80 bits per heavy atom. The van der Waals surface area contributed by atoms with Crippen molar-refractivity contribution in [1.29, 1.82) is 0 Å². The summed E-state index contributed by atoms with van der Waals surface area (Å²) in [5.41, 5.74) is 2.36. The summed E-state index contributed by atoms with van der Waals surface area (Å²) in [7, 11) is 3.22. The summed E-state index contributed by atoms with van der Waals surface area (Å²) in [6.07, 6.45) is 3.21. The predicted molar refractivity (Wildman–Crippen MR) is 114 cm³/mol.